The van der Waals surface area contributed by atoms with Crippen LogP contribution in [0.15, 0.2) is 41.4 Å². The van der Waals surface area contributed by atoms with Crippen molar-refractivity contribution in [3.05, 3.63) is 36.5 Å². The van der Waals surface area contributed by atoms with E-state index >= 15 is 0 Å². The van der Waals surface area contributed by atoms with Gasteiger partial charge in [-0.2, -0.15) is 0 Å². The third kappa shape index (κ3) is 3.30. The van der Waals surface area contributed by atoms with Crippen molar-refractivity contribution >= 4 is 38.1 Å². The number of hydrogen-bond acceptors (Lipinski definition) is 4. The molecule has 1 heterocycles. The molecule has 0 radical (unpaired) electrons. The Morgan fingerprint density at radius 3 is 2.85 bits per heavy atom. The number of nitrogens with one attached hydrogen (secondary N) is 1. The van der Waals surface area contributed by atoms with Crippen molar-refractivity contribution in [3.63, 3.8) is 0 Å². The molecule has 1 aromatic carbocycles. The molecule has 20 heavy (non-hydrogen) atoms. The molecule has 3 N–H and O–H groups in total. The minimum atomic E-state index is -3.64. The van der Waals surface area contributed by atoms with E-state index < -0.39 is 10.0 Å². The van der Waals surface area contributed by atoms with Crippen LogP contribution >= 0.6 is 12.2 Å². The summed E-state index contributed by atoms with van der Waals surface area (Å²) in [5.74, 6) is 0. The van der Waals surface area contributed by atoms with Gasteiger partial charge in [0.15, 0.2) is 0 Å². The van der Waals surface area contributed by atoms with Crippen molar-refractivity contribution in [2.24, 2.45) is 5.73 Å². The lowest BCUT2D eigenvalue weighted by atomic mass is 10.2. The SMILES string of the molecule is CC(CC(N)=S)NS(=O)(=O)c1cccc2ncccc12. The lowest BCUT2D eigenvalue weighted by Crippen LogP contribution is -2.35. The van der Waals surface area contributed by atoms with E-state index in [4.69, 9.17) is 18.0 Å². The van der Waals surface area contributed by atoms with Gasteiger partial charge >= 0.3 is 0 Å². The molecule has 0 saturated heterocycles. The number of hydrogen-bond donors (Lipinski definition) is 2. The summed E-state index contributed by atoms with van der Waals surface area (Å²) in [6, 6.07) is 8.08. The molecule has 0 aliphatic heterocycles. The van der Waals surface area contributed by atoms with Crippen molar-refractivity contribution < 1.29 is 8.42 Å². The van der Waals surface area contributed by atoms with E-state index in [1.54, 1.807) is 43.5 Å². The van der Waals surface area contributed by atoms with Crippen molar-refractivity contribution in [3.8, 4) is 0 Å². The minimum Gasteiger partial charge on any atom is -0.393 e. The van der Waals surface area contributed by atoms with E-state index in [0.717, 1.165) is 0 Å². The molecule has 1 atom stereocenters. The second-order valence-corrected chi connectivity index (χ2v) is 6.73. The van der Waals surface area contributed by atoms with E-state index in [1.807, 2.05) is 0 Å². The number of thiocarbonyl (C=S) groups is 1. The maximum absolute atomic E-state index is 12.4. The summed E-state index contributed by atoms with van der Waals surface area (Å²) in [5.41, 5.74) is 6.06. The number of aromatic nitrogens is 1. The average molecular weight is 309 g/mol. The van der Waals surface area contributed by atoms with E-state index in [1.165, 1.54) is 0 Å². The Morgan fingerprint density at radius 2 is 2.15 bits per heavy atom. The maximum atomic E-state index is 12.4. The maximum Gasteiger partial charge on any atom is 0.241 e. The lowest BCUT2D eigenvalue weighted by Gasteiger charge is -2.14. The first-order chi connectivity index (χ1) is 9.40. The van der Waals surface area contributed by atoms with Crippen LogP contribution in [0, 0.1) is 0 Å². The molecule has 0 fully saturated rings. The van der Waals surface area contributed by atoms with Crippen molar-refractivity contribution in [1.29, 1.82) is 0 Å². The normalized spacial score (nSPS) is 13.2. The van der Waals surface area contributed by atoms with E-state index in [-0.39, 0.29) is 15.9 Å². The van der Waals surface area contributed by atoms with E-state index in [2.05, 4.69) is 9.71 Å². The monoisotopic (exact) mass is 309 g/mol. The minimum absolute atomic E-state index is 0.206. The average Bonchev–Trinajstić information content (AvgIpc) is 2.36. The molecule has 0 aliphatic carbocycles. The first-order valence-electron chi connectivity index (χ1n) is 6.04. The molecule has 0 spiro atoms. The zero-order valence-corrected chi connectivity index (χ0v) is 12.5. The highest BCUT2D eigenvalue weighted by Gasteiger charge is 2.20. The number of nitrogens with two attached hydrogens (primary N) is 1. The fraction of sp³-hybridized carbons (Fsp3) is 0.231. The zero-order chi connectivity index (χ0) is 14.8. The van der Waals surface area contributed by atoms with Gasteiger partial charge in [0.25, 0.3) is 0 Å². The van der Waals surface area contributed by atoms with Gasteiger partial charge in [-0.3, -0.25) is 4.98 Å². The molecule has 7 heteroatoms. The molecule has 106 valence electrons. The van der Waals surface area contributed by atoms with Gasteiger partial charge < -0.3 is 5.73 Å². The van der Waals surface area contributed by atoms with Gasteiger partial charge in [0, 0.05) is 24.0 Å². The van der Waals surface area contributed by atoms with E-state index in [0.29, 0.717) is 17.3 Å². The highest BCUT2D eigenvalue weighted by atomic mass is 32.2. The van der Waals surface area contributed by atoms with Crippen LogP contribution in [0.3, 0.4) is 0 Å². The van der Waals surface area contributed by atoms with E-state index in [9.17, 15) is 8.42 Å². The predicted molar refractivity (Wildman–Crippen MR) is 82.9 cm³/mol. The number of rotatable bonds is 5. The van der Waals surface area contributed by atoms with Crippen molar-refractivity contribution in [2.45, 2.75) is 24.3 Å². The smallest absolute Gasteiger partial charge is 0.241 e. The number of pyridine rings is 1. The van der Waals surface area contributed by atoms with Crippen LogP contribution in [0.25, 0.3) is 10.9 Å². The van der Waals surface area contributed by atoms with Gasteiger partial charge in [0.1, 0.15) is 0 Å². The predicted octanol–water partition coefficient (Wildman–Crippen LogP) is 1.58. The highest BCUT2D eigenvalue weighted by Crippen LogP contribution is 2.21. The molecule has 0 amide bonds. The molecular formula is C13H15N3O2S2. The van der Waals surface area contributed by atoms with Gasteiger partial charge in [-0.15, -0.1) is 0 Å². The van der Waals surface area contributed by atoms with Gasteiger partial charge in [-0.25, -0.2) is 13.1 Å². The van der Waals surface area contributed by atoms with Crippen LogP contribution in [-0.2, 0) is 10.0 Å². The molecule has 2 rings (SSSR count). The van der Waals surface area contributed by atoms with Crippen LogP contribution < -0.4 is 10.5 Å². The Bertz CT molecular complexity index is 739. The molecule has 1 unspecified atom stereocenters. The van der Waals surface area contributed by atoms with Crippen LogP contribution in [0.5, 0.6) is 0 Å². The lowest BCUT2D eigenvalue weighted by molar-refractivity contribution is 0.566. The molecular weight excluding hydrogens is 294 g/mol. The zero-order valence-electron chi connectivity index (χ0n) is 10.9. The molecule has 1 aromatic heterocycles. The largest absolute Gasteiger partial charge is 0.393 e. The summed E-state index contributed by atoms with van der Waals surface area (Å²) in [6.07, 6.45) is 1.94. The quantitative estimate of drug-likeness (QED) is 0.819. The molecule has 2 aromatic rings. The first kappa shape index (κ1) is 14.8. The molecule has 0 aliphatic rings. The number of sulfonamides is 1. The Morgan fingerprint density at radius 1 is 1.40 bits per heavy atom. The Hall–Kier alpha value is -1.57. The third-order valence-corrected chi connectivity index (χ3v) is 4.57. The Kier molecular flexibility index (Phi) is 4.32. The topological polar surface area (TPSA) is 85.1 Å². The van der Waals surface area contributed by atoms with Gasteiger partial charge in [0.2, 0.25) is 10.0 Å². The fourth-order valence-corrected chi connectivity index (χ4v) is 3.69. The summed E-state index contributed by atoms with van der Waals surface area (Å²) in [5, 5.41) is 0.588. The number of benzene rings is 1. The van der Waals surface area contributed by atoms with Crippen molar-refractivity contribution in [2.75, 3.05) is 0 Å². The van der Waals surface area contributed by atoms with Crippen molar-refractivity contribution in [1.82, 2.24) is 9.71 Å². The highest BCUT2D eigenvalue weighted by molar-refractivity contribution is 7.89. The Balaban J connectivity index is 2.39. The second-order valence-electron chi connectivity index (χ2n) is 4.52. The summed E-state index contributed by atoms with van der Waals surface area (Å²) in [7, 11) is -3.64. The standard InChI is InChI=1S/C13H15N3O2S2/c1-9(8-13(14)19)16-20(17,18)12-6-2-5-11-10(12)4-3-7-15-11/h2-7,9,16H,8H2,1H3,(H2,14,19). The summed E-state index contributed by atoms with van der Waals surface area (Å²) in [4.78, 5) is 4.63. The van der Waals surface area contributed by atoms with Crippen LogP contribution in [-0.4, -0.2) is 24.4 Å². The fourth-order valence-electron chi connectivity index (χ4n) is 1.98. The molecule has 0 saturated carbocycles. The van der Waals surface area contributed by atoms with Crippen LogP contribution in [0.2, 0.25) is 0 Å². The van der Waals surface area contributed by atoms with Gasteiger partial charge in [-0.05, 0) is 31.2 Å². The summed E-state index contributed by atoms with van der Waals surface area (Å²) < 4.78 is 27.4. The van der Waals surface area contributed by atoms with Gasteiger partial charge in [0.05, 0.1) is 15.4 Å². The van der Waals surface area contributed by atoms with Gasteiger partial charge in [-0.1, -0.05) is 18.3 Å². The number of nitrogens with zero attached hydrogens (tertiary/aromatic N) is 1. The number of fused-ring (bicyclic) bond motifs is 1. The summed E-state index contributed by atoms with van der Waals surface area (Å²) in [6.45, 7) is 1.72. The molecule has 5 nitrogen and oxygen atoms in total. The first-order valence-corrected chi connectivity index (χ1v) is 7.93. The Labute approximate surface area is 123 Å². The summed E-state index contributed by atoms with van der Waals surface area (Å²) >= 11 is 4.79. The molecule has 0 bridgehead atoms. The van der Waals surface area contributed by atoms with Crippen LogP contribution in [0.4, 0.5) is 0 Å². The second kappa shape index (κ2) is 5.82. The van der Waals surface area contributed by atoms with Crippen LogP contribution in [0.1, 0.15) is 13.3 Å². The third-order valence-electron chi connectivity index (χ3n) is 2.76.